The van der Waals surface area contributed by atoms with Crippen molar-refractivity contribution in [3.05, 3.63) is 41.0 Å². The number of hydrogen-bond donors (Lipinski definition) is 1. The Morgan fingerprint density at radius 2 is 1.73 bits per heavy atom. The molecule has 0 aliphatic rings. The molecule has 1 aromatic carbocycles. The second kappa shape index (κ2) is 7.27. The normalized spacial score (nSPS) is 13.2. The molecular weight excluding hydrogens is 398 g/mol. The summed E-state index contributed by atoms with van der Waals surface area (Å²) in [4.78, 5) is 15.9. The van der Waals surface area contributed by atoms with Gasteiger partial charge < -0.3 is 5.73 Å². The van der Waals surface area contributed by atoms with E-state index in [2.05, 4.69) is 4.98 Å². The molecule has 1 amide bonds. The van der Waals surface area contributed by atoms with Gasteiger partial charge in [-0.05, 0) is 23.8 Å². The Hall–Kier alpha value is -2.08. The van der Waals surface area contributed by atoms with E-state index in [1.807, 2.05) is 0 Å². The molecule has 2 aromatic rings. The molecule has 0 fully saturated rings. The quantitative estimate of drug-likeness (QED) is 0.696. The summed E-state index contributed by atoms with van der Waals surface area (Å²) < 4.78 is 48.3. The Labute approximate surface area is 155 Å². The van der Waals surface area contributed by atoms with Gasteiger partial charge in [0.1, 0.15) is 5.01 Å². The van der Waals surface area contributed by atoms with Crippen molar-refractivity contribution in [3.63, 3.8) is 0 Å². The number of primary amides is 1. The lowest BCUT2D eigenvalue weighted by atomic mass is 10.1. The van der Waals surface area contributed by atoms with E-state index in [1.54, 1.807) is 0 Å². The third kappa shape index (κ3) is 4.36. The van der Waals surface area contributed by atoms with Crippen LogP contribution in [0.4, 0.5) is 0 Å². The van der Waals surface area contributed by atoms with Gasteiger partial charge in [0, 0.05) is 25.9 Å². The number of thiazole rings is 1. The first kappa shape index (κ1) is 20.2. The van der Waals surface area contributed by atoms with Gasteiger partial charge in [0.25, 0.3) is 10.0 Å². The molecule has 8 nitrogen and oxygen atoms in total. The van der Waals surface area contributed by atoms with Crippen LogP contribution in [0.25, 0.3) is 11.6 Å². The second-order valence-corrected chi connectivity index (χ2v) is 11.0. The summed E-state index contributed by atoms with van der Waals surface area (Å²) in [5.74, 6) is -0.746. The van der Waals surface area contributed by atoms with E-state index in [9.17, 15) is 21.6 Å². The molecular formula is C15H17N3O5S3. The minimum atomic E-state index is -3.62. The monoisotopic (exact) mass is 415 g/mol. The highest BCUT2D eigenvalue weighted by molar-refractivity contribution is 7.91. The summed E-state index contributed by atoms with van der Waals surface area (Å²) in [6.07, 6.45) is 3.66. The van der Waals surface area contributed by atoms with Gasteiger partial charge >= 0.3 is 0 Å². The number of nitrogens with two attached hydrogens (primary N) is 1. The Balaban J connectivity index is 2.46. The topological polar surface area (TPSA) is 128 Å². The number of carbonyl (C=O) groups excluding carboxylic acids is 1. The molecule has 11 heteroatoms. The van der Waals surface area contributed by atoms with Crippen molar-refractivity contribution >= 4 is 48.8 Å². The van der Waals surface area contributed by atoms with Gasteiger partial charge in [-0.1, -0.05) is 12.1 Å². The Kier molecular flexibility index (Phi) is 5.66. The van der Waals surface area contributed by atoms with Crippen LogP contribution in [0, 0.1) is 0 Å². The second-order valence-electron chi connectivity index (χ2n) is 5.52. The summed E-state index contributed by atoms with van der Waals surface area (Å²) in [6.45, 7) is 0. The van der Waals surface area contributed by atoms with Gasteiger partial charge in [0.05, 0.1) is 11.1 Å². The number of hydrogen-bond acceptors (Lipinski definition) is 7. The lowest BCUT2D eigenvalue weighted by Crippen LogP contribution is -2.21. The van der Waals surface area contributed by atoms with Gasteiger partial charge in [-0.15, -0.1) is 11.3 Å². The van der Waals surface area contributed by atoms with Crippen molar-refractivity contribution in [1.29, 1.82) is 0 Å². The van der Waals surface area contributed by atoms with Crippen LogP contribution in [0.2, 0.25) is 0 Å². The van der Waals surface area contributed by atoms with Crippen molar-refractivity contribution in [2.24, 2.45) is 5.73 Å². The van der Waals surface area contributed by atoms with Crippen LogP contribution in [0.3, 0.4) is 0 Å². The zero-order valence-corrected chi connectivity index (χ0v) is 16.7. The number of rotatable bonds is 6. The number of benzene rings is 1. The number of aromatic nitrogens is 1. The molecule has 2 rings (SSSR count). The minimum Gasteiger partial charge on any atom is -0.366 e. The summed E-state index contributed by atoms with van der Waals surface area (Å²) in [5.41, 5.74) is 5.90. The van der Waals surface area contributed by atoms with Crippen molar-refractivity contribution < 1.29 is 21.6 Å². The third-order valence-corrected chi connectivity index (χ3v) is 7.69. The number of nitrogens with zero attached hydrogens (tertiary/aromatic N) is 2. The van der Waals surface area contributed by atoms with Crippen LogP contribution >= 0.6 is 11.3 Å². The van der Waals surface area contributed by atoms with E-state index in [4.69, 9.17) is 5.73 Å². The predicted molar refractivity (Wildman–Crippen MR) is 99.6 cm³/mol. The standard InChI is InChI=1S/C15H17N3O5S3/c1-18(2)26(22,23)14-9-17-13(24-14)8-12(15(16)19)10-4-6-11(7-5-10)25(3,20)21/h4-9H,1-3H3,(H2,16,19). The molecule has 0 aliphatic heterocycles. The van der Waals surface area contributed by atoms with Crippen LogP contribution in [0.15, 0.2) is 39.6 Å². The molecule has 0 saturated heterocycles. The average Bonchev–Trinajstić information content (AvgIpc) is 3.01. The third-order valence-electron chi connectivity index (χ3n) is 3.36. The molecule has 0 bridgehead atoms. The Morgan fingerprint density at radius 1 is 1.15 bits per heavy atom. The summed E-state index contributed by atoms with van der Waals surface area (Å²) in [6, 6.07) is 5.65. The Morgan fingerprint density at radius 3 is 2.19 bits per heavy atom. The highest BCUT2D eigenvalue weighted by Crippen LogP contribution is 2.26. The Bertz CT molecular complexity index is 1070. The molecule has 0 unspecified atom stereocenters. The smallest absolute Gasteiger partial charge is 0.253 e. The highest BCUT2D eigenvalue weighted by Gasteiger charge is 2.21. The molecule has 0 radical (unpaired) electrons. The van der Waals surface area contributed by atoms with Gasteiger partial charge in [-0.2, -0.15) is 0 Å². The first-order valence-electron chi connectivity index (χ1n) is 7.13. The summed E-state index contributed by atoms with van der Waals surface area (Å²) >= 11 is 0.895. The highest BCUT2D eigenvalue weighted by atomic mass is 32.2. The van der Waals surface area contributed by atoms with Crippen LogP contribution < -0.4 is 5.73 Å². The average molecular weight is 416 g/mol. The molecule has 0 aliphatic carbocycles. The van der Waals surface area contributed by atoms with E-state index in [0.29, 0.717) is 5.56 Å². The number of carbonyl (C=O) groups is 1. The molecule has 26 heavy (non-hydrogen) atoms. The van der Waals surface area contributed by atoms with E-state index >= 15 is 0 Å². The van der Waals surface area contributed by atoms with Crippen molar-refractivity contribution in [2.75, 3.05) is 20.4 Å². The zero-order chi connectivity index (χ0) is 19.7. The van der Waals surface area contributed by atoms with Gasteiger partial charge in [0.15, 0.2) is 14.0 Å². The maximum Gasteiger partial charge on any atom is 0.253 e. The van der Waals surface area contributed by atoms with Crippen molar-refractivity contribution in [3.8, 4) is 0 Å². The fourth-order valence-corrected chi connectivity index (χ4v) is 4.83. The molecule has 1 aromatic heterocycles. The lowest BCUT2D eigenvalue weighted by Gasteiger charge is -2.07. The molecule has 0 saturated carbocycles. The summed E-state index contributed by atoms with van der Waals surface area (Å²) in [7, 11) is -4.17. The fraction of sp³-hybridized carbons (Fsp3) is 0.200. The molecule has 0 spiro atoms. The van der Waals surface area contributed by atoms with E-state index in [0.717, 1.165) is 21.9 Å². The van der Waals surface area contributed by atoms with Crippen molar-refractivity contribution in [2.45, 2.75) is 9.10 Å². The minimum absolute atomic E-state index is 0.0324. The van der Waals surface area contributed by atoms with Gasteiger partial charge in [-0.3, -0.25) is 4.79 Å². The number of sulfonamides is 1. The number of amides is 1. The molecule has 140 valence electrons. The maximum absolute atomic E-state index is 12.1. The van der Waals surface area contributed by atoms with Crippen LogP contribution in [0.1, 0.15) is 10.6 Å². The molecule has 2 N–H and O–H groups in total. The molecule has 1 heterocycles. The van der Waals surface area contributed by atoms with Gasteiger partial charge in [0.2, 0.25) is 5.91 Å². The number of sulfone groups is 1. The van der Waals surface area contributed by atoms with Crippen molar-refractivity contribution in [1.82, 2.24) is 9.29 Å². The van der Waals surface area contributed by atoms with Crippen LogP contribution in [-0.2, 0) is 24.7 Å². The lowest BCUT2D eigenvalue weighted by molar-refractivity contribution is -0.112. The maximum atomic E-state index is 12.1. The zero-order valence-electron chi connectivity index (χ0n) is 14.2. The first-order chi connectivity index (χ1) is 11.9. The van der Waals surface area contributed by atoms with E-state index in [-0.39, 0.29) is 19.7 Å². The van der Waals surface area contributed by atoms with E-state index < -0.39 is 25.8 Å². The SMILES string of the molecule is CN(C)S(=O)(=O)c1cnc(C=C(C(N)=O)c2ccc(S(C)(=O)=O)cc2)s1. The predicted octanol–water partition coefficient (Wildman–Crippen LogP) is 0.823. The molecule has 0 atom stereocenters. The summed E-state index contributed by atoms with van der Waals surface area (Å²) in [5, 5.41) is 0.284. The fourth-order valence-electron chi connectivity index (χ4n) is 1.94. The first-order valence-corrected chi connectivity index (χ1v) is 11.3. The van der Waals surface area contributed by atoms with Crippen LogP contribution in [-0.4, -0.2) is 52.4 Å². The van der Waals surface area contributed by atoms with Crippen LogP contribution in [0.5, 0.6) is 0 Å². The van der Waals surface area contributed by atoms with E-state index in [1.165, 1.54) is 50.6 Å². The largest absolute Gasteiger partial charge is 0.366 e. The van der Waals surface area contributed by atoms with Gasteiger partial charge in [-0.25, -0.2) is 26.1 Å².